The molecule has 4 nitrogen and oxygen atoms in total. The number of carbonyl (C=O) groups is 2. The number of nitrogens with zero attached hydrogens (tertiary/aromatic N) is 1. The van der Waals surface area contributed by atoms with E-state index in [2.05, 4.69) is 5.32 Å². The topological polar surface area (TPSA) is 49.4 Å². The van der Waals surface area contributed by atoms with E-state index < -0.39 is 0 Å². The van der Waals surface area contributed by atoms with Crippen LogP contribution in [0.1, 0.15) is 10.4 Å². The SMILES string of the molecule is CN(C)C(=O)CSc1ccccc1C(=O)NCCSc1ccc(Cl)cc1. The standard InChI is InChI=1S/C19H21ClN2O2S2/c1-22(2)18(23)13-26-17-6-4-3-5-16(17)19(24)21-11-12-25-15-9-7-14(20)8-10-15/h3-10H,11-13H2,1-2H3,(H,21,24). The molecule has 0 saturated heterocycles. The van der Waals surface area contributed by atoms with E-state index in [4.69, 9.17) is 11.6 Å². The van der Waals surface area contributed by atoms with Crippen molar-refractivity contribution in [2.75, 3.05) is 32.1 Å². The van der Waals surface area contributed by atoms with Crippen LogP contribution in [-0.4, -0.2) is 48.9 Å². The number of thioether (sulfide) groups is 2. The monoisotopic (exact) mass is 408 g/mol. The average molecular weight is 409 g/mol. The lowest BCUT2D eigenvalue weighted by Gasteiger charge is -2.12. The lowest BCUT2D eigenvalue weighted by molar-refractivity contribution is -0.125. The van der Waals surface area contributed by atoms with Gasteiger partial charge in [-0.05, 0) is 36.4 Å². The molecule has 0 aliphatic heterocycles. The number of benzene rings is 2. The van der Waals surface area contributed by atoms with Crippen LogP contribution >= 0.6 is 35.1 Å². The Labute approximate surface area is 167 Å². The molecule has 138 valence electrons. The van der Waals surface area contributed by atoms with Gasteiger partial charge in [0.15, 0.2) is 0 Å². The highest BCUT2D eigenvalue weighted by atomic mass is 35.5. The van der Waals surface area contributed by atoms with Gasteiger partial charge in [-0.3, -0.25) is 9.59 Å². The van der Waals surface area contributed by atoms with Gasteiger partial charge in [0.25, 0.3) is 5.91 Å². The molecular formula is C19H21ClN2O2S2. The van der Waals surface area contributed by atoms with Crippen LogP contribution in [0.4, 0.5) is 0 Å². The van der Waals surface area contributed by atoms with E-state index in [0.29, 0.717) is 22.9 Å². The zero-order valence-electron chi connectivity index (χ0n) is 14.7. The second-order valence-electron chi connectivity index (χ2n) is 5.63. The molecule has 1 N–H and O–H groups in total. The summed E-state index contributed by atoms with van der Waals surface area (Å²) in [6.45, 7) is 0.557. The molecule has 0 spiro atoms. The van der Waals surface area contributed by atoms with Crippen molar-refractivity contribution < 1.29 is 9.59 Å². The van der Waals surface area contributed by atoms with E-state index in [1.165, 1.54) is 11.8 Å². The first-order valence-corrected chi connectivity index (χ1v) is 10.4. The van der Waals surface area contributed by atoms with Crippen molar-refractivity contribution >= 4 is 46.9 Å². The normalized spacial score (nSPS) is 10.4. The third-order valence-electron chi connectivity index (χ3n) is 3.45. The Balaban J connectivity index is 1.84. The fourth-order valence-corrected chi connectivity index (χ4v) is 3.93. The molecule has 0 aliphatic rings. The molecule has 2 rings (SSSR count). The van der Waals surface area contributed by atoms with Gasteiger partial charge in [-0.15, -0.1) is 23.5 Å². The first-order valence-electron chi connectivity index (χ1n) is 8.06. The van der Waals surface area contributed by atoms with Crippen LogP contribution in [0.15, 0.2) is 58.3 Å². The van der Waals surface area contributed by atoms with Crippen molar-refractivity contribution in [2.45, 2.75) is 9.79 Å². The minimum Gasteiger partial charge on any atom is -0.351 e. The van der Waals surface area contributed by atoms with Crippen molar-refractivity contribution in [3.8, 4) is 0 Å². The fourth-order valence-electron chi connectivity index (χ4n) is 2.01. The zero-order chi connectivity index (χ0) is 18.9. The molecule has 2 amide bonds. The maximum absolute atomic E-state index is 12.5. The Hall–Kier alpha value is -1.63. The predicted octanol–water partition coefficient (Wildman–Crippen LogP) is 4.04. The molecule has 7 heteroatoms. The second-order valence-corrected chi connectivity index (χ2v) is 8.25. The van der Waals surface area contributed by atoms with Crippen molar-refractivity contribution in [3.05, 3.63) is 59.1 Å². The molecule has 0 bridgehead atoms. The number of carbonyl (C=O) groups excluding carboxylic acids is 2. The Morgan fingerprint density at radius 1 is 1.04 bits per heavy atom. The molecule has 26 heavy (non-hydrogen) atoms. The van der Waals surface area contributed by atoms with Crippen LogP contribution < -0.4 is 5.32 Å². The summed E-state index contributed by atoms with van der Waals surface area (Å²) in [5, 5.41) is 3.65. The van der Waals surface area contributed by atoms with Gasteiger partial charge < -0.3 is 10.2 Å². The van der Waals surface area contributed by atoms with Gasteiger partial charge in [-0.25, -0.2) is 0 Å². The minimum absolute atomic E-state index is 0.0181. The number of nitrogens with one attached hydrogen (secondary N) is 1. The average Bonchev–Trinajstić information content (AvgIpc) is 2.64. The van der Waals surface area contributed by atoms with Gasteiger partial charge >= 0.3 is 0 Å². The third-order valence-corrected chi connectivity index (χ3v) is 5.78. The Morgan fingerprint density at radius 3 is 2.42 bits per heavy atom. The Kier molecular flexibility index (Phi) is 8.35. The Bertz CT molecular complexity index is 751. The van der Waals surface area contributed by atoms with Gasteiger partial charge in [0.2, 0.25) is 5.91 Å². The number of hydrogen-bond acceptors (Lipinski definition) is 4. The minimum atomic E-state index is -0.123. The van der Waals surface area contributed by atoms with Crippen molar-refractivity contribution in [1.82, 2.24) is 10.2 Å². The predicted molar refractivity (Wildman–Crippen MR) is 110 cm³/mol. The highest BCUT2D eigenvalue weighted by Gasteiger charge is 2.13. The number of rotatable bonds is 8. The van der Waals surface area contributed by atoms with E-state index >= 15 is 0 Å². The molecule has 0 aromatic heterocycles. The largest absolute Gasteiger partial charge is 0.351 e. The maximum atomic E-state index is 12.5. The van der Waals surface area contributed by atoms with E-state index in [1.807, 2.05) is 42.5 Å². The van der Waals surface area contributed by atoms with Crippen LogP contribution in [0.3, 0.4) is 0 Å². The van der Waals surface area contributed by atoms with Crippen LogP contribution in [0.2, 0.25) is 5.02 Å². The van der Waals surface area contributed by atoms with Crippen molar-refractivity contribution in [3.63, 3.8) is 0 Å². The summed E-state index contributed by atoms with van der Waals surface area (Å²) in [7, 11) is 3.44. The molecule has 0 heterocycles. The van der Waals surface area contributed by atoms with E-state index in [-0.39, 0.29) is 11.8 Å². The quantitative estimate of drug-likeness (QED) is 0.529. The summed E-state index contributed by atoms with van der Waals surface area (Å²) in [5.74, 6) is 0.970. The number of amides is 2. The summed E-state index contributed by atoms with van der Waals surface area (Å²) in [6.07, 6.45) is 0. The fraction of sp³-hybridized carbons (Fsp3) is 0.263. The summed E-state index contributed by atoms with van der Waals surface area (Å²) in [4.78, 5) is 27.7. The molecule has 0 saturated carbocycles. The highest BCUT2D eigenvalue weighted by molar-refractivity contribution is 8.00. The molecule has 2 aromatic rings. The lowest BCUT2D eigenvalue weighted by atomic mass is 10.2. The van der Waals surface area contributed by atoms with E-state index in [0.717, 1.165) is 15.5 Å². The van der Waals surface area contributed by atoms with Crippen LogP contribution in [0, 0.1) is 0 Å². The van der Waals surface area contributed by atoms with Gasteiger partial charge in [0.1, 0.15) is 0 Å². The molecule has 0 radical (unpaired) electrons. The molecular weight excluding hydrogens is 388 g/mol. The van der Waals surface area contributed by atoms with Crippen LogP contribution in [0.25, 0.3) is 0 Å². The lowest BCUT2D eigenvalue weighted by Crippen LogP contribution is -2.26. The maximum Gasteiger partial charge on any atom is 0.252 e. The molecule has 0 atom stereocenters. The van der Waals surface area contributed by atoms with Crippen LogP contribution in [0.5, 0.6) is 0 Å². The van der Waals surface area contributed by atoms with E-state index in [1.54, 1.807) is 36.8 Å². The van der Waals surface area contributed by atoms with Gasteiger partial charge in [0, 0.05) is 41.2 Å². The highest BCUT2D eigenvalue weighted by Crippen LogP contribution is 2.23. The smallest absolute Gasteiger partial charge is 0.252 e. The summed E-state index contributed by atoms with van der Waals surface area (Å²) < 4.78 is 0. The van der Waals surface area contributed by atoms with Gasteiger partial charge in [0.05, 0.1) is 11.3 Å². The molecule has 0 aliphatic carbocycles. The van der Waals surface area contributed by atoms with E-state index in [9.17, 15) is 9.59 Å². The number of hydrogen-bond donors (Lipinski definition) is 1. The zero-order valence-corrected chi connectivity index (χ0v) is 17.1. The first kappa shape index (κ1) is 20.7. The number of halogens is 1. The summed E-state index contributed by atoms with van der Waals surface area (Å²) >= 11 is 8.91. The summed E-state index contributed by atoms with van der Waals surface area (Å²) in [6, 6.07) is 15.0. The molecule has 2 aromatic carbocycles. The second kappa shape index (κ2) is 10.5. The third kappa shape index (κ3) is 6.59. The van der Waals surface area contributed by atoms with Crippen LogP contribution in [-0.2, 0) is 4.79 Å². The molecule has 0 unspecified atom stereocenters. The van der Waals surface area contributed by atoms with Gasteiger partial charge in [-0.1, -0.05) is 23.7 Å². The summed E-state index contributed by atoms with van der Waals surface area (Å²) in [5.41, 5.74) is 0.598. The van der Waals surface area contributed by atoms with Crippen molar-refractivity contribution in [2.24, 2.45) is 0 Å². The first-order chi connectivity index (χ1) is 12.5. The Morgan fingerprint density at radius 2 is 1.73 bits per heavy atom. The van der Waals surface area contributed by atoms with Crippen molar-refractivity contribution in [1.29, 1.82) is 0 Å². The van der Waals surface area contributed by atoms with Gasteiger partial charge in [-0.2, -0.15) is 0 Å². The molecule has 0 fully saturated rings.